The Labute approximate surface area is 231 Å². The molecule has 3 N–H and O–H groups in total. The minimum Gasteiger partial charge on any atom is -0.497 e. The van der Waals surface area contributed by atoms with Crippen LogP contribution >= 0.6 is 0 Å². The van der Waals surface area contributed by atoms with Crippen molar-refractivity contribution in [2.75, 3.05) is 43.6 Å². The molecule has 5 heterocycles. The van der Waals surface area contributed by atoms with E-state index in [2.05, 4.69) is 25.8 Å². The fraction of sp³-hybridized carbons (Fsp3) is 0.333. The predicted octanol–water partition coefficient (Wildman–Crippen LogP) is 4.12. The summed E-state index contributed by atoms with van der Waals surface area (Å²) < 4.78 is 28.4. The zero-order chi connectivity index (χ0) is 27.4. The minimum atomic E-state index is -0.352. The number of aromatic nitrogens is 2. The molecule has 0 aliphatic carbocycles. The Morgan fingerprint density at radius 3 is 2.95 bits per heavy atom. The molecule has 40 heavy (non-hydrogen) atoms. The average molecular weight is 543 g/mol. The first-order chi connectivity index (χ1) is 19.5. The molecule has 0 spiro atoms. The van der Waals surface area contributed by atoms with Crippen molar-refractivity contribution in [2.45, 2.75) is 31.6 Å². The number of likely N-dealkylation sites (tertiary alicyclic amines) is 1. The fourth-order valence-corrected chi connectivity index (χ4v) is 6.18. The molecule has 4 aromatic rings. The highest BCUT2D eigenvalue weighted by molar-refractivity contribution is 5.99. The summed E-state index contributed by atoms with van der Waals surface area (Å²) >= 11 is 0. The molecule has 1 saturated heterocycles. The zero-order valence-corrected chi connectivity index (χ0v) is 22.3. The molecule has 1 unspecified atom stereocenters. The van der Waals surface area contributed by atoms with Crippen LogP contribution < -0.4 is 25.4 Å². The van der Waals surface area contributed by atoms with Crippen molar-refractivity contribution in [3.05, 3.63) is 77.5 Å². The highest BCUT2D eigenvalue weighted by Crippen LogP contribution is 2.50. The van der Waals surface area contributed by atoms with Crippen LogP contribution in [0.1, 0.15) is 40.8 Å². The van der Waals surface area contributed by atoms with Crippen LogP contribution in [0, 0.1) is 5.82 Å². The highest BCUT2D eigenvalue weighted by atomic mass is 19.1. The molecular formula is C30H31FN6O3. The van der Waals surface area contributed by atoms with Crippen LogP contribution in [0.5, 0.6) is 11.5 Å². The SMILES string of the molecule is COc1ccc2cc([C@@H]3Nc4cc(C(=O)N5CCCC(N)C5)cc5c4N3CCO5)n(Cc3ncccc3F)c2c1. The number of nitrogens with two attached hydrogens (primary N) is 1. The Hall–Kier alpha value is -4.31. The van der Waals surface area contributed by atoms with Gasteiger partial charge in [-0.2, -0.15) is 0 Å². The maximum atomic E-state index is 14.8. The lowest BCUT2D eigenvalue weighted by Crippen LogP contribution is -2.45. The molecule has 2 aromatic carbocycles. The summed E-state index contributed by atoms with van der Waals surface area (Å²) in [6, 6.07) is 14.8. The van der Waals surface area contributed by atoms with Crippen molar-refractivity contribution >= 4 is 28.2 Å². The summed E-state index contributed by atoms with van der Waals surface area (Å²) in [4.78, 5) is 21.9. The van der Waals surface area contributed by atoms with Gasteiger partial charge in [0.1, 0.15) is 35.8 Å². The van der Waals surface area contributed by atoms with E-state index in [4.69, 9.17) is 15.2 Å². The standard InChI is InChI=1S/C30H31FN6O3/c1-39-21-7-6-18-13-26(37(25(18)15-21)17-24-22(31)5-2-8-33-24)29-34-23-12-19(14-27-28(23)36(29)10-11-40-27)30(38)35-9-3-4-20(32)16-35/h2,5-8,12-15,20,29,34H,3-4,9-11,16-17,32H2,1H3/t20?,29-/m1/s1. The molecule has 1 fully saturated rings. The molecule has 206 valence electrons. The van der Waals surface area contributed by atoms with Crippen LogP contribution in [0.15, 0.2) is 54.7 Å². The lowest BCUT2D eigenvalue weighted by atomic mass is 10.0. The summed E-state index contributed by atoms with van der Waals surface area (Å²) in [5.74, 6) is 1.02. The lowest BCUT2D eigenvalue weighted by molar-refractivity contribution is 0.0708. The largest absolute Gasteiger partial charge is 0.497 e. The van der Waals surface area contributed by atoms with Crippen molar-refractivity contribution in [2.24, 2.45) is 5.73 Å². The number of nitrogens with one attached hydrogen (secondary N) is 1. The van der Waals surface area contributed by atoms with E-state index in [9.17, 15) is 9.18 Å². The van der Waals surface area contributed by atoms with Crippen LogP contribution in [-0.4, -0.2) is 59.8 Å². The second-order valence-corrected chi connectivity index (χ2v) is 10.6. The second kappa shape index (κ2) is 9.71. The van der Waals surface area contributed by atoms with Gasteiger partial charge in [0.25, 0.3) is 5.91 Å². The second-order valence-electron chi connectivity index (χ2n) is 10.6. The first-order valence-electron chi connectivity index (χ1n) is 13.7. The van der Waals surface area contributed by atoms with Gasteiger partial charge in [0.2, 0.25) is 0 Å². The van der Waals surface area contributed by atoms with E-state index in [-0.39, 0.29) is 30.5 Å². The maximum absolute atomic E-state index is 14.8. The molecule has 7 rings (SSSR count). The van der Waals surface area contributed by atoms with E-state index >= 15 is 0 Å². The monoisotopic (exact) mass is 542 g/mol. The third kappa shape index (κ3) is 4.10. The number of fused-ring (bicyclic) bond motifs is 1. The fourth-order valence-electron chi connectivity index (χ4n) is 6.18. The van der Waals surface area contributed by atoms with Crippen molar-refractivity contribution in [3.63, 3.8) is 0 Å². The van der Waals surface area contributed by atoms with Gasteiger partial charge in [-0.05, 0) is 55.3 Å². The van der Waals surface area contributed by atoms with E-state index in [0.717, 1.165) is 46.6 Å². The molecule has 3 aliphatic rings. The third-order valence-corrected chi connectivity index (χ3v) is 8.11. The molecule has 1 amide bonds. The highest BCUT2D eigenvalue weighted by Gasteiger charge is 2.38. The number of hydrogen-bond acceptors (Lipinski definition) is 7. The maximum Gasteiger partial charge on any atom is 0.254 e. The van der Waals surface area contributed by atoms with Gasteiger partial charge < -0.3 is 34.9 Å². The summed E-state index contributed by atoms with van der Waals surface area (Å²) in [7, 11) is 1.63. The molecule has 10 heteroatoms. The van der Waals surface area contributed by atoms with Gasteiger partial charge in [0, 0.05) is 42.3 Å². The van der Waals surface area contributed by atoms with Crippen LogP contribution in [0.3, 0.4) is 0 Å². The Morgan fingerprint density at radius 1 is 1.23 bits per heavy atom. The first-order valence-corrected chi connectivity index (χ1v) is 13.7. The van der Waals surface area contributed by atoms with Gasteiger partial charge in [0.15, 0.2) is 0 Å². The average Bonchev–Trinajstić information content (AvgIpc) is 3.52. The quantitative estimate of drug-likeness (QED) is 0.392. The topological polar surface area (TPSA) is 97.9 Å². The van der Waals surface area contributed by atoms with Crippen molar-refractivity contribution in [3.8, 4) is 11.5 Å². The Kier molecular flexibility index (Phi) is 6.00. The van der Waals surface area contributed by atoms with Gasteiger partial charge in [0.05, 0.1) is 42.8 Å². The number of halogens is 1. The van der Waals surface area contributed by atoms with Gasteiger partial charge >= 0.3 is 0 Å². The zero-order valence-electron chi connectivity index (χ0n) is 22.3. The van der Waals surface area contributed by atoms with E-state index in [1.54, 1.807) is 19.4 Å². The van der Waals surface area contributed by atoms with E-state index in [1.165, 1.54) is 6.07 Å². The molecule has 2 atom stereocenters. The predicted molar refractivity (Wildman–Crippen MR) is 151 cm³/mol. The number of anilines is 2. The van der Waals surface area contributed by atoms with Gasteiger partial charge in [-0.25, -0.2) is 4.39 Å². The van der Waals surface area contributed by atoms with Crippen LogP contribution in [0.2, 0.25) is 0 Å². The number of amides is 1. The number of piperidine rings is 1. The summed E-state index contributed by atoms with van der Waals surface area (Å²) in [5.41, 5.74) is 10.7. The van der Waals surface area contributed by atoms with E-state index in [1.807, 2.05) is 35.2 Å². The molecule has 0 radical (unpaired) electrons. The van der Waals surface area contributed by atoms with Crippen LogP contribution in [0.4, 0.5) is 15.8 Å². The molecule has 3 aliphatic heterocycles. The van der Waals surface area contributed by atoms with E-state index < -0.39 is 0 Å². The van der Waals surface area contributed by atoms with Crippen LogP contribution in [0.25, 0.3) is 10.9 Å². The number of carbonyl (C=O) groups is 1. The van der Waals surface area contributed by atoms with Crippen molar-refractivity contribution < 1.29 is 18.7 Å². The molecule has 0 saturated carbocycles. The lowest BCUT2D eigenvalue weighted by Gasteiger charge is -2.33. The summed E-state index contributed by atoms with van der Waals surface area (Å²) in [6.07, 6.45) is 3.19. The molecule has 0 bridgehead atoms. The number of ether oxygens (including phenoxy) is 2. The molecular weight excluding hydrogens is 511 g/mol. The van der Waals surface area contributed by atoms with Crippen molar-refractivity contribution in [1.82, 2.24) is 14.5 Å². The number of benzene rings is 2. The van der Waals surface area contributed by atoms with E-state index in [0.29, 0.717) is 43.2 Å². The third-order valence-electron chi connectivity index (χ3n) is 8.11. The number of nitrogens with zero attached hydrogens (tertiary/aromatic N) is 4. The van der Waals surface area contributed by atoms with Gasteiger partial charge in [-0.15, -0.1) is 0 Å². The van der Waals surface area contributed by atoms with Crippen molar-refractivity contribution in [1.29, 1.82) is 0 Å². The summed E-state index contributed by atoms with van der Waals surface area (Å²) in [6.45, 7) is 2.66. The van der Waals surface area contributed by atoms with Gasteiger partial charge in [-0.3, -0.25) is 9.78 Å². The Balaban J connectivity index is 1.30. The first kappa shape index (κ1) is 24.7. The Bertz CT molecular complexity index is 1620. The minimum absolute atomic E-state index is 0.00390. The number of rotatable bonds is 5. The Morgan fingerprint density at radius 2 is 2.12 bits per heavy atom. The molecule has 9 nitrogen and oxygen atoms in total. The normalized spacial score (nSPS) is 19.8. The number of carbonyl (C=O) groups excluding carboxylic acids is 1. The molecule has 2 aromatic heterocycles. The number of hydrogen-bond donors (Lipinski definition) is 2. The smallest absolute Gasteiger partial charge is 0.254 e. The number of pyridine rings is 1. The summed E-state index contributed by atoms with van der Waals surface area (Å²) in [5, 5.41) is 4.66. The van der Waals surface area contributed by atoms with Gasteiger partial charge in [-0.1, -0.05) is 0 Å². The number of methoxy groups -OCH3 is 1. The van der Waals surface area contributed by atoms with Crippen LogP contribution in [-0.2, 0) is 6.54 Å².